The van der Waals surface area contributed by atoms with Crippen LogP contribution in [0.2, 0.25) is 0 Å². The summed E-state index contributed by atoms with van der Waals surface area (Å²) in [6.45, 7) is 4.83. The normalized spacial score (nSPS) is 11.1. The number of nitrogens with one attached hydrogen (secondary N) is 1. The maximum absolute atomic E-state index is 12.2. The Labute approximate surface area is 104 Å². The Kier molecular flexibility index (Phi) is 3.90. The van der Waals surface area contributed by atoms with Gasteiger partial charge in [-0.15, -0.1) is 0 Å². The topological polar surface area (TPSA) is 90.5 Å². The van der Waals surface area contributed by atoms with Gasteiger partial charge < -0.3 is 15.0 Å². The first-order valence-electron chi connectivity index (χ1n) is 5.54. The summed E-state index contributed by atoms with van der Waals surface area (Å²) in [5.74, 6) is -1.57. The first-order valence-corrected chi connectivity index (χ1v) is 5.54. The van der Waals surface area contributed by atoms with Crippen LogP contribution in [0.3, 0.4) is 0 Å². The number of likely N-dealkylation sites (N-methyl/N-ethyl adjacent to an activating group) is 1. The lowest BCUT2D eigenvalue weighted by molar-refractivity contribution is -0.147. The Balaban J connectivity index is 3.15. The van der Waals surface area contributed by atoms with Gasteiger partial charge in [-0.25, -0.2) is 4.79 Å². The number of aromatic amines is 1. The number of H-pyrrole nitrogens is 1. The fourth-order valence-corrected chi connectivity index (χ4v) is 1.64. The molecule has 18 heavy (non-hydrogen) atoms. The van der Waals surface area contributed by atoms with E-state index in [-0.39, 0.29) is 12.1 Å². The van der Waals surface area contributed by atoms with E-state index < -0.39 is 23.0 Å². The van der Waals surface area contributed by atoms with Crippen LogP contribution < -0.4 is 5.56 Å². The van der Waals surface area contributed by atoms with Crippen LogP contribution in [-0.4, -0.2) is 39.0 Å². The Hall–Kier alpha value is -2.11. The van der Waals surface area contributed by atoms with Crippen LogP contribution in [0.1, 0.15) is 31.1 Å². The molecule has 1 aromatic rings. The van der Waals surface area contributed by atoms with Crippen LogP contribution in [0.5, 0.6) is 0 Å². The Morgan fingerprint density at radius 3 is 2.50 bits per heavy atom. The molecule has 2 N–H and O–H groups in total. The SMILES string of the molecule is CCN(C(=O)c1cc[nH]c(=O)c1)C(C)(C)C(=O)O. The van der Waals surface area contributed by atoms with Crippen molar-refractivity contribution in [3.63, 3.8) is 0 Å². The number of aliphatic carboxylic acids is 1. The number of pyridine rings is 1. The number of aromatic nitrogens is 1. The number of carboxylic acids is 1. The molecule has 0 aliphatic heterocycles. The molecule has 1 aromatic heterocycles. The quantitative estimate of drug-likeness (QED) is 0.825. The van der Waals surface area contributed by atoms with Crippen molar-refractivity contribution < 1.29 is 14.7 Å². The summed E-state index contributed by atoms with van der Waals surface area (Å²) >= 11 is 0. The smallest absolute Gasteiger partial charge is 0.329 e. The van der Waals surface area contributed by atoms with Gasteiger partial charge >= 0.3 is 5.97 Å². The Morgan fingerprint density at radius 1 is 1.44 bits per heavy atom. The van der Waals surface area contributed by atoms with E-state index in [2.05, 4.69) is 4.98 Å². The molecular formula is C12H16N2O4. The van der Waals surface area contributed by atoms with Gasteiger partial charge in [-0.05, 0) is 26.8 Å². The zero-order valence-corrected chi connectivity index (χ0v) is 10.6. The monoisotopic (exact) mass is 252 g/mol. The second-order valence-corrected chi connectivity index (χ2v) is 4.36. The van der Waals surface area contributed by atoms with E-state index in [4.69, 9.17) is 5.11 Å². The lowest BCUT2D eigenvalue weighted by Gasteiger charge is -2.34. The highest BCUT2D eigenvalue weighted by Crippen LogP contribution is 2.17. The van der Waals surface area contributed by atoms with Crippen molar-refractivity contribution in [3.05, 3.63) is 34.2 Å². The fourth-order valence-electron chi connectivity index (χ4n) is 1.64. The molecular weight excluding hydrogens is 236 g/mol. The van der Waals surface area contributed by atoms with Crippen molar-refractivity contribution in [1.29, 1.82) is 0 Å². The molecule has 1 heterocycles. The largest absolute Gasteiger partial charge is 0.480 e. The lowest BCUT2D eigenvalue weighted by atomic mass is 10.0. The van der Waals surface area contributed by atoms with E-state index in [1.165, 1.54) is 31.0 Å². The molecule has 0 unspecified atom stereocenters. The highest BCUT2D eigenvalue weighted by molar-refractivity contribution is 5.97. The van der Waals surface area contributed by atoms with Gasteiger partial charge in [0.2, 0.25) is 5.56 Å². The number of nitrogens with zero attached hydrogens (tertiary/aromatic N) is 1. The molecule has 0 saturated carbocycles. The predicted octanol–water partition coefficient (Wildman–Crippen LogP) is 0.700. The van der Waals surface area contributed by atoms with Crippen molar-refractivity contribution in [2.45, 2.75) is 26.3 Å². The summed E-state index contributed by atoms with van der Waals surface area (Å²) in [5.41, 5.74) is -1.55. The maximum atomic E-state index is 12.2. The second-order valence-electron chi connectivity index (χ2n) is 4.36. The van der Waals surface area contributed by atoms with Crippen LogP contribution in [0.4, 0.5) is 0 Å². The lowest BCUT2D eigenvalue weighted by Crippen LogP contribution is -2.53. The molecule has 0 bridgehead atoms. The average Bonchev–Trinajstić information content (AvgIpc) is 2.29. The molecule has 6 heteroatoms. The first-order chi connectivity index (χ1) is 8.30. The Morgan fingerprint density at radius 2 is 2.06 bits per heavy atom. The number of rotatable bonds is 4. The molecule has 0 aliphatic carbocycles. The number of carboxylic acid groups (broad SMARTS) is 1. The van der Waals surface area contributed by atoms with Gasteiger partial charge in [0.15, 0.2) is 0 Å². The number of hydrogen-bond donors (Lipinski definition) is 2. The predicted molar refractivity (Wildman–Crippen MR) is 65.5 cm³/mol. The first kappa shape index (κ1) is 14.0. The summed E-state index contributed by atoms with van der Waals surface area (Å²) < 4.78 is 0. The van der Waals surface area contributed by atoms with Crippen LogP contribution >= 0.6 is 0 Å². The molecule has 98 valence electrons. The van der Waals surface area contributed by atoms with Crippen LogP contribution in [-0.2, 0) is 4.79 Å². The molecule has 1 amide bonds. The third-order valence-corrected chi connectivity index (χ3v) is 2.78. The molecule has 0 saturated heterocycles. The van der Waals surface area contributed by atoms with Gasteiger partial charge in [-0.1, -0.05) is 0 Å². The maximum Gasteiger partial charge on any atom is 0.329 e. The highest BCUT2D eigenvalue weighted by atomic mass is 16.4. The van der Waals surface area contributed by atoms with Gasteiger partial charge in [0.05, 0.1) is 0 Å². The molecule has 0 fully saturated rings. The van der Waals surface area contributed by atoms with E-state index in [0.717, 1.165) is 6.07 Å². The molecule has 0 aromatic carbocycles. The van der Waals surface area contributed by atoms with Crippen LogP contribution in [0, 0.1) is 0 Å². The molecule has 1 rings (SSSR count). The average molecular weight is 252 g/mol. The van der Waals surface area contributed by atoms with Crippen LogP contribution in [0.15, 0.2) is 23.1 Å². The second kappa shape index (κ2) is 5.03. The van der Waals surface area contributed by atoms with E-state index in [9.17, 15) is 14.4 Å². The van der Waals surface area contributed by atoms with Gasteiger partial charge in [-0.2, -0.15) is 0 Å². The van der Waals surface area contributed by atoms with Gasteiger partial charge in [0.25, 0.3) is 5.91 Å². The number of carbonyl (C=O) groups excluding carboxylic acids is 1. The van der Waals surface area contributed by atoms with Crippen molar-refractivity contribution in [2.24, 2.45) is 0 Å². The standard InChI is InChI=1S/C12H16N2O4/c1-4-14(12(2,3)11(17)18)10(16)8-5-6-13-9(15)7-8/h5-7H,4H2,1-3H3,(H,13,15)(H,17,18). The third-order valence-electron chi connectivity index (χ3n) is 2.78. The summed E-state index contributed by atoms with van der Waals surface area (Å²) in [5, 5.41) is 9.13. The van der Waals surface area contributed by atoms with Gasteiger partial charge in [0.1, 0.15) is 5.54 Å². The van der Waals surface area contributed by atoms with Gasteiger partial charge in [0, 0.05) is 24.4 Å². The zero-order valence-electron chi connectivity index (χ0n) is 10.6. The summed E-state index contributed by atoms with van der Waals surface area (Å²) in [7, 11) is 0. The van der Waals surface area contributed by atoms with Crippen molar-refractivity contribution in [1.82, 2.24) is 9.88 Å². The van der Waals surface area contributed by atoms with E-state index >= 15 is 0 Å². The van der Waals surface area contributed by atoms with Crippen molar-refractivity contribution in [2.75, 3.05) is 6.54 Å². The summed E-state index contributed by atoms with van der Waals surface area (Å²) in [6.07, 6.45) is 1.36. The summed E-state index contributed by atoms with van der Waals surface area (Å²) in [6, 6.07) is 2.60. The van der Waals surface area contributed by atoms with E-state index in [1.807, 2.05) is 0 Å². The molecule has 0 spiro atoms. The number of amides is 1. The van der Waals surface area contributed by atoms with Crippen molar-refractivity contribution in [3.8, 4) is 0 Å². The van der Waals surface area contributed by atoms with Crippen LogP contribution in [0.25, 0.3) is 0 Å². The molecule has 0 aliphatic rings. The number of hydrogen-bond acceptors (Lipinski definition) is 3. The zero-order chi connectivity index (χ0) is 13.9. The Bertz CT molecular complexity index is 519. The highest BCUT2D eigenvalue weighted by Gasteiger charge is 2.37. The fraction of sp³-hybridized carbons (Fsp3) is 0.417. The molecule has 6 nitrogen and oxygen atoms in total. The third kappa shape index (κ3) is 2.58. The number of carbonyl (C=O) groups is 2. The van der Waals surface area contributed by atoms with E-state index in [0.29, 0.717) is 0 Å². The van der Waals surface area contributed by atoms with Gasteiger partial charge in [-0.3, -0.25) is 9.59 Å². The molecule has 0 atom stereocenters. The minimum Gasteiger partial charge on any atom is -0.480 e. The van der Waals surface area contributed by atoms with E-state index in [1.54, 1.807) is 6.92 Å². The van der Waals surface area contributed by atoms with Crippen molar-refractivity contribution >= 4 is 11.9 Å². The molecule has 0 radical (unpaired) electrons. The minimum atomic E-state index is -1.32. The minimum absolute atomic E-state index is 0.176. The summed E-state index contributed by atoms with van der Waals surface area (Å²) in [4.78, 5) is 38.1.